The van der Waals surface area contributed by atoms with E-state index in [9.17, 15) is 8.42 Å². The summed E-state index contributed by atoms with van der Waals surface area (Å²) in [5.74, 6) is -0.0742. The van der Waals surface area contributed by atoms with Gasteiger partial charge in [-0.05, 0) is 24.1 Å². The molecule has 1 fully saturated rings. The smallest absolute Gasteiger partial charge is 0.218 e. The highest BCUT2D eigenvalue weighted by molar-refractivity contribution is 7.88. The number of halogens is 1. The van der Waals surface area contributed by atoms with Crippen molar-refractivity contribution in [3.8, 4) is 6.07 Å². The Morgan fingerprint density at radius 3 is 2.79 bits per heavy atom. The van der Waals surface area contributed by atoms with Crippen molar-refractivity contribution < 1.29 is 8.42 Å². The zero-order chi connectivity index (χ0) is 13.2. The van der Waals surface area contributed by atoms with Gasteiger partial charge in [0.15, 0.2) is 0 Å². The molecule has 1 saturated heterocycles. The van der Waals surface area contributed by atoms with Gasteiger partial charge in [-0.25, -0.2) is 12.7 Å². The summed E-state index contributed by atoms with van der Waals surface area (Å²) >= 11 is 0. The molecule has 2 rings (SSSR count). The number of nitrogens with two attached hydrogens (primary N) is 1. The Kier molecular flexibility index (Phi) is 5.32. The number of hydrogen-bond acceptors (Lipinski definition) is 4. The molecule has 0 bridgehead atoms. The minimum atomic E-state index is -3.33. The molecule has 0 radical (unpaired) electrons. The molecule has 1 aliphatic rings. The average Bonchev–Trinajstić information content (AvgIpc) is 2.76. The third kappa shape index (κ3) is 3.91. The monoisotopic (exact) mass is 301 g/mol. The van der Waals surface area contributed by atoms with Gasteiger partial charge in [-0.1, -0.05) is 12.1 Å². The fraction of sp³-hybridized carbons (Fsp3) is 0.417. The minimum absolute atomic E-state index is 0. The number of nitrogens with zero attached hydrogens (tertiary/aromatic N) is 2. The maximum absolute atomic E-state index is 12.1. The van der Waals surface area contributed by atoms with E-state index >= 15 is 0 Å². The summed E-state index contributed by atoms with van der Waals surface area (Å²) in [5, 5.41) is 8.78. The average molecular weight is 302 g/mol. The van der Waals surface area contributed by atoms with E-state index in [-0.39, 0.29) is 24.2 Å². The first-order chi connectivity index (χ1) is 8.51. The van der Waals surface area contributed by atoms with Gasteiger partial charge in [-0.15, -0.1) is 12.4 Å². The van der Waals surface area contributed by atoms with Gasteiger partial charge >= 0.3 is 0 Å². The largest absolute Gasteiger partial charge is 0.326 e. The lowest BCUT2D eigenvalue weighted by Gasteiger charge is -2.15. The van der Waals surface area contributed by atoms with Crippen molar-refractivity contribution in [2.24, 2.45) is 5.73 Å². The van der Waals surface area contributed by atoms with Gasteiger partial charge in [-0.2, -0.15) is 5.26 Å². The molecule has 1 aromatic carbocycles. The molecule has 0 amide bonds. The zero-order valence-corrected chi connectivity index (χ0v) is 12.0. The Bertz CT molecular complexity index is 583. The highest BCUT2D eigenvalue weighted by Crippen LogP contribution is 2.17. The second-order valence-electron chi connectivity index (χ2n) is 4.48. The predicted molar refractivity (Wildman–Crippen MR) is 75.2 cm³/mol. The van der Waals surface area contributed by atoms with Crippen LogP contribution in [0.1, 0.15) is 17.5 Å². The molecule has 19 heavy (non-hydrogen) atoms. The molecule has 0 aromatic heterocycles. The molecule has 5 nitrogen and oxygen atoms in total. The van der Waals surface area contributed by atoms with Crippen LogP contribution in [-0.2, 0) is 15.8 Å². The summed E-state index contributed by atoms with van der Waals surface area (Å²) in [7, 11) is -3.33. The van der Waals surface area contributed by atoms with Crippen LogP contribution in [0.2, 0.25) is 0 Å². The molecular formula is C12H16ClN3O2S. The van der Waals surface area contributed by atoms with Gasteiger partial charge < -0.3 is 5.73 Å². The van der Waals surface area contributed by atoms with Crippen LogP contribution >= 0.6 is 12.4 Å². The van der Waals surface area contributed by atoms with Crippen molar-refractivity contribution in [1.29, 1.82) is 5.26 Å². The standard InChI is InChI=1S/C12H15N3O2S.ClH/c13-7-10-2-1-3-11(6-10)9-18(16,17)15-5-4-12(14)8-15;/h1-3,6,12H,4-5,8-9,14H2;1H/t12-;/m1./s1. The van der Waals surface area contributed by atoms with Crippen molar-refractivity contribution in [3.63, 3.8) is 0 Å². The predicted octanol–water partition coefficient (Wildman–Crippen LogP) is 0.843. The summed E-state index contributed by atoms with van der Waals surface area (Å²) in [6, 6.07) is 8.61. The first-order valence-electron chi connectivity index (χ1n) is 5.74. The molecule has 0 spiro atoms. The van der Waals surface area contributed by atoms with Crippen LogP contribution in [0.5, 0.6) is 0 Å². The van der Waals surface area contributed by atoms with E-state index in [1.165, 1.54) is 4.31 Å². The highest BCUT2D eigenvalue weighted by Gasteiger charge is 2.29. The van der Waals surface area contributed by atoms with Crippen molar-refractivity contribution in [3.05, 3.63) is 35.4 Å². The van der Waals surface area contributed by atoms with E-state index < -0.39 is 10.0 Å². The lowest BCUT2D eigenvalue weighted by atomic mass is 10.2. The van der Waals surface area contributed by atoms with E-state index in [2.05, 4.69) is 0 Å². The Morgan fingerprint density at radius 2 is 2.21 bits per heavy atom. The second kappa shape index (κ2) is 6.35. The molecule has 104 valence electrons. The van der Waals surface area contributed by atoms with E-state index in [0.717, 1.165) is 0 Å². The van der Waals surface area contributed by atoms with Crippen LogP contribution in [0.15, 0.2) is 24.3 Å². The Balaban J connectivity index is 0.00000180. The second-order valence-corrected chi connectivity index (χ2v) is 6.44. The summed E-state index contributed by atoms with van der Waals surface area (Å²) in [6.07, 6.45) is 0.706. The van der Waals surface area contributed by atoms with E-state index in [1.807, 2.05) is 6.07 Å². The molecule has 2 N–H and O–H groups in total. The fourth-order valence-corrected chi connectivity index (χ4v) is 3.62. The van der Waals surface area contributed by atoms with Gasteiger partial charge in [0.05, 0.1) is 17.4 Å². The van der Waals surface area contributed by atoms with E-state index in [0.29, 0.717) is 30.6 Å². The number of benzene rings is 1. The number of hydrogen-bond donors (Lipinski definition) is 1. The molecule has 1 aromatic rings. The van der Waals surface area contributed by atoms with Gasteiger partial charge in [0.2, 0.25) is 10.0 Å². The lowest BCUT2D eigenvalue weighted by Crippen LogP contribution is -2.32. The van der Waals surface area contributed by atoms with Crippen LogP contribution in [-0.4, -0.2) is 31.9 Å². The van der Waals surface area contributed by atoms with Crippen molar-refractivity contribution in [2.75, 3.05) is 13.1 Å². The first kappa shape index (κ1) is 15.9. The van der Waals surface area contributed by atoms with Gasteiger partial charge in [0, 0.05) is 19.1 Å². The number of nitriles is 1. The molecular weight excluding hydrogens is 286 g/mol. The summed E-state index contributed by atoms with van der Waals surface area (Å²) in [4.78, 5) is 0. The molecule has 1 heterocycles. The lowest BCUT2D eigenvalue weighted by molar-refractivity contribution is 0.471. The Morgan fingerprint density at radius 1 is 1.47 bits per heavy atom. The van der Waals surface area contributed by atoms with Crippen molar-refractivity contribution in [2.45, 2.75) is 18.2 Å². The Hall–Kier alpha value is -1.13. The Labute approximate surface area is 119 Å². The number of rotatable bonds is 3. The third-order valence-corrected chi connectivity index (χ3v) is 4.80. The summed E-state index contributed by atoms with van der Waals surface area (Å²) < 4.78 is 25.7. The molecule has 0 saturated carbocycles. The SMILES string of the molecule is Cl.N#Cc1cccc(CS(=O)(=O)N2CC[C@@H](N)C2)c1. The fourth-order valence-electron chi connectivity index (χ4n) is 2.04. The maximum Gasteiger partial charge on any atom is 0.218 e. The quantitative estimate of drug-likeness (QED) is 0.896. The molecule has 1 aliphatic heterocycles. The number of sulfonamides is 1. The molecule has 7 heteroatoms. The van der Waals surface area contributed by atoms with Crippen LogP contribution in [0.25, 0.3) is 0 Å². The van der Waals surface area contributed by atoms with Gasteiger partial charge in [-0.3, -0.25) is 0 Å². The highest BCUT2D eigenvalue weighted by atomic mass is 35.5. The summed E-state index contributed by atoms with van der Waals surface area (Å²) in [5.41, 5.74) is 6.82. The minimum Gasteiger partial charge on any atom is -0.326 e. The summed E-state index contributed by atoms with van der Waals surface area (Å²) in [6.45, 7) is 0.877. The molecule has 0 aliphatic carbocycles. The van der Waals surface area contributed by atoms with E-state index in [1.54, 1.807) is 24.3 Å². The van der Waals surface area contributed by atoms with E-state index in [4.69, 9.17) is 11.0 Å². The molecule has 0 unspecified atom stereocenters. The normalized spacial score (nSPS) is 19.7. The van der Waals surface area contributed by atoms with Crippen LogP contribution < -0.4 is 5.73 Å². The topological polar surface area (TPSA) is 87.2 Å². The zero-order valence-electron chi connectivity index (χ0n) is 10.3. The van der Waals surface area contributed by atoms with Gasteiger partial charge in [0.25, 0.3) is 0 Å². The van der Waals surface area contributed by atoms with Crippen molar-refractivity contribution in [1.82, 2.24) is 4.31 Å². The molecule has 1 atom stereocenters. The van der Waals surface area contributed by atoms with Crippen LogP contribution in [0.4, 0.5) is 0 Å². The van der Waals surface area contributed by atoms with Crippen LogP contribution in [0, 0.1) is 11.3 Å². The first-order valence-corrected chi connectivity index (χ1v) is 7.34. The third-order valence-electron chi connectivity index (χ3n) is 2.99. The maximum atomic E-state index is 12.1. The van der Waals surface area contributed by atoms with Crippen LogP contribution in [0.3, 0.4) is 0 Å². The van der Waals surface area contributed by atoms with Crippen molar-refractivity contribution >= 4 is 22.4 Å². The van der Waals surface area contributed by atoms with Gasteiger partial charge in [0.1, 0.15) is 0 Å².